The van der Waals surface area contributed by atoms with Crippen molar-refractivity contribution in [2.75, 3.05) is 17.3 Å². The Morgan fingerprint density at radius 2 is 2.38 bits per heavy atom. The van der Waals surface area contributed by atoms with Gasteiger partial charge in [0.05, 0.1) is 0 Å². The third-order valence-corrected chi connectivity index (χ3v) is 3.03. The van der Waals surface area contributed by atoms with Crippen LogP contribution in [0.25, 0.3) is 0 Å². The molecule has 0 spiro atoms. The van der Waals surface area contributed by atoms with Crippen molar-refractivity contribution in [3.8, 4) is 0 Å². The van der Waals surface area contributed by atoms with Gasteiger partial charge in [-0.05, 0) is 11.1 Å². The molecule has 1 aromatic rings. The first-order valence-electron chi connectivity index (χ1n) is 5.31. The Hall–Kier alpha value is -1.10. The lowest BCUT2D eigenvalue weighted by atomic mass is 10.2. The van der Waals surface area contributed by atoms with Crippen LogP contribution in [0.5, 0.6) is 0 Å². The van der Waals surface area contributed by atoms with E-state index in [-0.39, 0.29) is 17.7 Å². The molecule has 0 aromatic carbocycles. The molecule has 1 amide bonds. The second kappa shape index (κ2) is 4.41. The molecule has 1 saturated heterocycles. The molecule has 0 radical (unpaired) electrons. The van der Waals surface area contributed by atoms with Crippen LogP contribution in [0.15, 0.2) is 4.52 Å². The van der Waals surface area contributed by atoms with E-state index in [9.17, 15) is 4.79 Å². The van der Waals surface area contributed by atoms with Crippen molar-refractivity contribution in [2.24, 2.45) is 5.92 Å². The molecule has 0 saturated carbocycles. The molecule has 88 valence electrons. The van der Waals surface area contributed by atoms with E-state index in [1.54, 1.807) is 4.90 Å². The number of amides is 1. The number of nitrogens with zero attached hydrogens (tertiary/aromatic N) is 3. The SMILES string of the molecule is CC(C)c1nc(N2CC(CCl)CC2=O)no1. The molecule has 2 heterocycles. The third kappa shape index (κ3) is 2.04. The summed E-state index contributed by atoms with van der Waals surface area (Å²) in [6.45, 7) is 4.51. The summed E-state index contributed by atoms with van der Waals surface area (Å²) in [5.74, 6) is 1.77. The van der Waals surface area contributed by atoms with Gasteiger partial charge in [-0.3, -0.25) is 9.69 Å². The number of halogens is 1. The molecule has 1 fully saturated rings. The van der Waals surface area contributed by atoms with E-state index in [2.05, 4.69) is 10.1 Å². The number of hydrogen-bond donors (Lipinski definition) is 0. The summed E-state index contributed by atoms with van der Waals surface area (Å²) >= 11 is 5.74. The lowest BCUT2D eigenvalue weighted by Crippen LogP contribution is -2.25. The van der Waals surface area contributed by atoms with Crippen molar-refractivity contribution in [3.05, 3.63) is 5.89 Å². The normalized spacial score (nSPS) is 21.1. The molecule has 1 aliphatic rings. The Labute approximate surface area is 98.8 Å². The lowest BCUT2D eigenvalue weighted by Gasteiger charge is -2.09. The number of rotatable bonds is 3. The van der Waals surface area contributed by atoms with E-state index < -0.39 is 0 Å². The zero-order valence-corrected chi connectivity index (χ0v) is 10.1. The second-order valence-electron chi connectivity index (χ2n) is 4.32. The zero-order valence-electron chi connectivity index (χ0n) is 9.31. The molecule has 16 heavy (non-hydrogen) atoms. The van der Waals surface area contributed by atoms with Crippen molar-refractivity contribution < 1.29 is 9.32 Å². The fourth-order valence-electron chi connectivity index (χ4n) is 1.65. The Balaban J connectivity index is 2.15. The summed E-state index contributed by atoms with van der Waals surface area (Å²) in [7, 11) is 0. The molecule has 0 bridgehead atoms. The van der Waals surface area contributed by atoms with Crippen molar-refractivity contribution in [2.45, 2.75) is 26.2 Å². The maximum Gasteiger partial charge on any atom is 0.272 e. The van der Waals surface area contributed by atoms with Crippen LogP contribution in [0.2, 0.25) is 0 Å². The molecule has 6 heteroatoms. The van der Waals surface area contributed by atoms with E-state index in [0.29, 0.717) is 30.7 Å². The number of alkyl halides is 1. The topological polar surface area (TPSA) is 59.2 Å². The van der Waals surface area contributed by atoms with E-state index in [1.165, 1.54) is 0 Å². The van der Waals surface area contributed by atoms with Gasteiger partial charge in [0.2, 0.25) is 11.8 Å². The third-order valence-electron chi connectivity index (χ3n) is 2.59. The first-order valence-corrected chi connectivity index (χ1v) is 5.85. The molecule has 1 aliphatic heterocycles. The van der Waals surface area contributed by atoms with Crippen LogP contribution in [0, 0.1) is 5.92 Å². The number of carbonyl (C=O) groups excluding carboxylic acids is 1. The summed E-state index contributed by atoms with van der Waals surface area (Å²) in [5.41, 5.74) is 0. The molecule has 5 nitrogen and oxygen atoms in total. The first kappa shape index (κ1) is 11.4. The van der Waals surface area contributed by atoms with Crippen LogP contribution in [-0.2, 0) is 4.79 Å². The van der Waals surface area contributed by atoms with Crippen LogP contribution in [0.1, 0.15) is 32.1 Å². The Morgan fingerprint density at radius 3 is 2.88 bits per heavy atom. The molecular formula is C10H14ClN3O2. The fraction of sp³-hybridized carbons (Fsp3) is 0.700. The van der Waals surface area contributed by atoms with Crippen molar-refractivity contribution in [1.29, 1.82) is 0 Å². The minimum atomic E-state index is 0.0155. The van der Waals surface area contributed by atoms with Gasteiger partial charge in [0.25, 0.3) is 5.95 Å². The largest absolute Gasteiger partial charge is 0.337 e. The highest BCUT2D eigenvalue weighted by atomic mass is 35.5. The number of anilines is 1. The van der Waals surface area contributed by atoms with Crippen molar-refractivity contribution in [3.63, 3.8) is 0 Å². The standard InChI is InChI=1S/C10H14ClN3O2/c1-6(2)9-12-10(13-16-9)14-5-7(4-11)3-8(14)15/h6-7H,3-5H2,1-2H3. The molecule has 1 unspecified atom stereocenters. The highest BCUT2D eigenvalue weighted by molar-refractivity contribution is 6.18. The number of hydrogen-bond acceptors (Lipinski definition) is 4. The molecule has 0 N–H and O–H groups in total. The van der Waals surface area contributed by atoms with Crippen LogP contribution in [-0.4, -0.2) is 28.5 Å². The van der Waals surface area contributed by atoms with Gasteiger partial charge in [-0.25, -0.2) is 0 Å². The predicted octanol–water partition coefficient (Wildman–Crippen LogP) is 1.78. The van der Waals surface area contributed by atoms with Gasteiger partial charge in [-0.1, -0.05) is 13.8 Å². The van der Waals surface area contributed by atoms with Gasteiger partial charge >= 0.3 is 0 Å². The minimum absolute atomic E-state index is 0.0155. The number of aromatic nitrogens is 2. The summed E-state index contributed by atoms with van der Waals surface area (Å²) in [4.78, 5) is 17.4. The van der Waals surface area contributed by atoms with E-state index >= 15 is 0 Å². The van der Waals surface area contributed by atoms with E-state index in [0.717, 1.165) is 0 Å². The molecule has 0 aliphatic carbocycles. The average molecular weight is 244 g/mol. The van der Waals surface area contributed by atoms with Gasteiger partial charge in [0.1, 0.15) is 0 Å². The van der Waals surface area contributed by atoms with Crippen LogP contribution >= 0.6 is 11.6 Å². The van der Waals surface area contributed by atoms with Crippen LogP contribution in [0.3, 0.4) is 0 Å². The van der Waals surface area contributed by atoms with E-state index in [4.69, 9.17) is 16.1 Å². The molecular weight excluding hydrogens is 230 g/mol. The monoisotopic (exact) mass is 243 g/mol. The predicted molar refractivity (Wildman–Crippen MR) is 59.6 cm³/mol. The van der Waals surface area contributed by atoms with Gasteiger partial charge in [-0.2, -0.15) is 4.98 Å². The lowest BCUT2D eigenvalue weighted by molar-refractivity contribution is -0.117. The minimum Gasteiger partial charge on any atom is -0.337 e. The molecule has 2 rings (SSSR count). The first-order chi connectivity index (χ1) is 7.61. The Bertz CT molecular complexity index is 391. The van der Waals surface area contributed by atoms with Crippen LogP contribution < -0.4 is 4.90 Å². The Morgan fingerprint density at radius 1 is 1.62 bits per heavy atom. The van der Waals surface area contributed by atoms with Crippen molar-refractivity contribution >= 4 is 23.5 Å². The van der Waals surface area contributed by atoms with Crippen LogP contribution in [0.4, 0.5) is 5.95 Å². The zero-order chi connectivity index (χ0) is 11.7. The summed E-state index contributed by atoms with van der Waals surface area (Å²) in [6, 6.07) is 0. The average Bonchev–Trinajstić information content (AvgIpc) is 2.83. The van der Waals surface area contributed by atoms with Gasteiger partial charge in [0.15, 0.2) is 0 Å². The van der Waals surface area contributed by atoms with Gasteiger partial charge < -0.3 is 4.52 Å². The quantitative estimate of drug-likeness (QED) is 0.760. The van der Waals surface area contributed by atoms with E-state index in [1.807, 2.05) is 13.8 Å². The fourth-order valence-corrected chi connectivity index (χ4v) is 1.86. The maximum absolute atomic E-state index is 11.7. The summed E-state index contributed by atoms with van der Waals surface area (Å²) < 4.78 is 5.07. The number of carbonyl (C=O) groups is 1. The van der Waals surface area contributed by atoms with Gasteiger partial charge in [0, 0.05) is 24.8 Å². The second-order valence-corrected chi connectivity index (χ2v) is 4.62. The molecule has 1 atom stereocenters. The summed E-state index contributed by atoms with van der Waals surface area (Å²) in [6.07, 6.45) is 0.467. The summed E-state index contributed by atoms with van der Waals surface area (Å²) in [5, 5.41) is 3.81. The molecule has 1 aromatic heterocycles. The van der Waals surface area contributed by atoms with Crippen molar-refractivity contribution in [1.82, 2.24) is 10.1 Å². The highest BCUT2D eigenvalue weighted by Gasteiger charge is 2.32. The maximum atomic E-state index is 11.7. The highest BCUT2D eigenvalue weighted by Crippen LogP contribution is 2.24. The Kier molecular flexibility index (Phi) is 3.14. The smallest absolute Gasteiger partial charge is 0.272 e. The van der Waals surface area contributed by atoms with Gasteiger partial charge in [-0.15, -0.1) is 11.6 Å².